The summed E-state index contributed by atoms with van der Waals surface area (Å²) in [6.45, 7) is 2.21. The van der Waals surface area contributed by atoms with Crippen molar-refractivity contribution < 1.29 is 4.79 Å². The Hall–Kier alpha value is -1.28. The van der Waals surface area contributed by atoms with Gasteiger partial charge in [0.15, 0.2) is 0 Å². The summed E-state index contributed by atoms with van der Waals surface area (Å²) in [4.78, 5) is 11.9. The molecule has 3 heteroatoms. The van der Waals surface area contributed by atoms with Gasteiger partial charge in [-0.3, -0.25) is 4.79 Å². The molecular weight excluding hydrogens is 258 g/mol. The Labute approximate surface area is 119 Å². The van der Waals surface area contributed by atoms with Crippen LogP contribution in [0.5, 0.6) is 0 Å². The maximum Gasteiger partial charge on any atom is 0.244 e. The molecule has 1 aliphatic rings. The molecule has 0 aliphatic heterocycles. The highest BCUT2D eigenvalue weighted by atomic mass is 35.5. The highest BCUT2D eigenvalue weighted by Crippen LogP contribution is 2.23. The lowest BCUT2D eigenvalue weighted by Gasteiger charge is -2.29. The molecule has 2 unspecified atom stereocenters. The molecule has 19 heavy (non-hydrogen) atoms. The number of hydrogen-bond acceptors (Lipinski definition) is 1. The van der Waals surface area contributed by atoms with Gasteiger partial charge in [0, 0.05) is 17.1 Å². The molecule has 2 atom stereocenters. The summed E-state index contributed by atoms with van der Waals surface area (Å²) in [6.07, 6.45) is 8.13. The van der Waals surface area contributed by atoms with E-state index in [2.05, 4.69) is 12.2 Å². The van der Waals surface area contributed by atoms with Crippen LogP contribution in [0.2, 0.25) is 5.02 Å². The molecule has 1 amide bonds. The van der Waals surface area contributed by atoms with Crippen LogP contribution in [0.4, 0.5) is 0 Å². The molecule has 1 aromatic rings. The Morgan fingerprint density at radius 3 is 2.79 bits per heavy atom. The molecule has 2 rings (SSSR count). The molecular formula is C16H20ClNO. The van der Waals surface area contributed by atoms with E-state index in [9.17, 15) is 4.79 Å². The lowest BCUT2D eigenvalue weighted by atomic mass is 9.86. The van der Waals surface area contributed by atoms with E-state index >= 15 is 0 Å². The van der Waals surface area contributed by atoms with Gasteiger partial charge >= 0.3 is 0 Å². The summed E-state index contributed by atoms with van der Waals surface area (Å²) in [5.41, 5.74) is 0.871. The Bertz CT molecular complexity index is 470. The van der Waals surface area contributed by atoms with Gasteiger partial charge in [-0.05, 0) is 36.5 Å². The van der Waals surface area contributed by atoms with Crippen LogP contribution >= 0.6 is 11.6 Å². The van der Waals surface area contributed by atoms with Gasteiger partial charge in [-0.1, -0.05) is 49.6 Å². The fraction of sp³-hybridized carbons (Fsp3) is 0.438. The number of amides is 1. The number of rotatable bonds is 3. The van der Waals surface area contributed by atoms with E-state index in [0.717, 1.165) is 12.0 Å². The van der Waals surface area contributed by atoms with Crippen molar-refractivity contribution in [2.24, 2.45) is 5.92 Å². The minimum Gasteiger partial charge on any atom is -0.350 e. The van der Waals surface area contributed by atoms with Crippen molar-refractivity contribution in [1.82, 2.24) is 5.32 Å². The second kappa shape index (κ2) is 6.76. The van der Waals surface area contributed by atoms with Crippen molar-refractivity contribution in [2.45, 2.75) is 38.6 Å². The van der Waals surface area contributed by atoms with Crippen LogP contribution in [-0.2, 0) is 4.79 Å². The standard InChI is InChI=1S/C16H20ClNO/c1-12-6-2-5-9-15(12)18-16(19)11-10-13-7-3-4-8-14(13)17/h3-4,7-8,10-12,15H,2,5-6,9H2,1H3,(H,18,19). The van der Waals surface area contributed by atoms with Crippen LogP contribution in [0.15, 0.2) is 30.3 Å². The summed E-state index contributed by atoms with van der Waals surface area (Å²) < 4.78 is 0. The highest BCUT2D eigenvalue weighted by molar-refractivity contribution is 6.32. The first-order valence-corrected chi connectivity index (χ1v) is 7.27. The van der Waals surface area contributed by atoms with Crippen molar-refractivity contribution >= 4 is 23.6 Å². The van der Waals surface area contributed by atoms with Crippen LogP contribution in [0.3, 0.4) is 0 Å². The van der Waals surface area contributed by atoms with Gasteiger partial charge in [0.25, 0.3) is 0 Å². The zero-order chi connectivity index (χ0) is 13.7. The van der Waals surface area contributed by atoms with Crippen molar-refractivity contribution in [3.63, 3.8) is 0 Å². The molecule has 1 aliphatic carbocycles. The van der Waals surface area contributed by atoms with Crippen LogP contribution in [0.1, 0.15) is 38.2 Å². The number of halogens is 1. The van der Waals surface area contributed by atoms with Gasteiger partial charge in [0.1, 0.15) is 0 Å². The third-order valence-corrected chi connectivity index (χ3v) is 4.10. The zero-order valence-corrected chi connectivity index (χ0v) is 12.0. The zero-order valence-electron chi connectivity index (χ0n) is 11.2. The summed E-state index contributed by atoms with van der Waals surface area (Å²) in [7, 11) is 0. The normalized spacial score (nSPS) is 23.5. The minimum atomic E-state index is -0.0290. The van der Waals surface area contributed by atoms with E-state index in [-0.39, 0.29) is 5.91 Å². The Balaban J connectivity index is 1.92. The summed E-state index contributed by atoms with van der Waals surface area (Å²) in [5.74, 6) is 0.546. The second-order valence-electron chi connectivity index (χ2n) is 5.23. The smallest absolute Gasteiger partial charge is 0.244 e. The molecule has 0 heterocycles. The summed E-state index contributed by atoms with van der Waals surface area (Å²) in [6, 6.07) is 7.82. The molecule has 2 nitrogen and oxygen atoms in total. The largest absolute Gasteiger partial charge is 0.350 e. The fourth-order valence-corrected chi connectivity index (χ4v) is 2.74. The lowest BCUT2D eigenvalue weighted by molar-refractivity contribution is -0.117. The summed E-state index contributed by atoms with van der Waals surface area (Å²) in [5, 5.41) is 3.75. The molecule has 1 aromatic carbocycles. The SMILES string of the molecule is CC1CCCCC1NC(=O)C=Cc1ccccc1Cl. The molecule has 102 valence electrons. The quantitative estimate of drug-likeness (QED) is 0.830. The molecule has 0 radical (unpaired) electrons. The van der Waals surface area contributed by atoms with Gasteiger partial charge in [0.05, 0.1) is 0 Å². The fourth-order valence-electron chi connectivity index (χ4n) is 2.54. The van der Waals surface area contributed by atoms with Crippen LogP contribution in [0.25, 0.3) is 6.08 Å². The average Bonchev–Trinajstić information content (AvgIpc) is 2.40. The van der Waals surface area contributed by atoms with E-state index in [1.165, 1.54) is 19.3 Å². The highest BCUT2D eigenvalue weighted by Gasteiger charge is 2.21. The molecule has 0 bridgehead atoms. The van der Waals surface area contributed by atoms with Gasteiger partial charge in [-0.25, -0.2) is 0 Å². The Morgan fingerprint density at radius 2 is 2.05 bits per heavy atom. The van der Waals surface area contributed by atoms with Gasteiger partial charge in [-0.15, -0.1) is 0 Å². The van der Waals surface area contributed by atoms with E-state index < -0.39 is 0 Å². The molecule has 1 N–H and O–H groups in total. The predicted molar refractivity (Wildman–Crippen MR) is 80.0 cm³/mol. The van der Waals surface area contributed by atoms with Crippen molar-refractivity contribution in [3.8, 4) is 0 Å². The van der Waals surface area contributed by atoms with Crippen LogP contribution < -0.4 is 5.32 Å². The van der Waals surface area contributed by atoms with Gasteiger partial charge < -0.3 is 5.32 Å². The Morgan fingerprint density at radius 1 is 1.32 bits per heavy atom. The third kappa shape index (κ3) is 4.10. The number of benzene rings is 1. The summed E-state index contributed by atoms with van der Waals surface area (Å²) >= 11 is 6.04. The number of hydrogen-bond donors (Lipinski definition) is 1. The number of nitrogens with one attached hydrogen (secondary N) is 1. The van der Waals surface area contributed by atoms with E-state index in [1.807, 2.05) is 24.3 Å². The molecule has 0 saturated heterocycles. The first-order chi connectivity index (χ1) is 9.16. The number of carbonyl (C=O) groups excluding carboxylic acids is 1. The molecule has 1 fully saturated rings. The molecule has 0 spiro atoms. The van der Waals surface area contributed by atoms with Crippen LogP contribution in [0, 0.1) is 5.92 Å². The first-order valence-electron chi connectivity index (χ1n) is 6.90. The number of carbonyl (C=O) groups is 1. The maximum atomic E-state index is 11.9. The lowest BCUT2D eigenvalue weighted by Crippen LogP contribution is -2.40. The van der Waals surface area contributed by atoms with Crippen molar-refractivity contribution in [3.05, 3.63) is 40.9 Å². The molecule has 0 aromatic heterocycles. The van der Waals surface area contributed by atoms with E-state index in [4.69, 9.17) is 11.6 Å². The monoisotopic (exact) mass is 277 g/mol. The Kier molecular flexibility index (Phi) is 5.03. The maximum absolute atomic E-state index is 11.9. The van der Waals surface area contributed by atoms with E-state index in [1.54, 1.807) is 12.2 Å². The van der Waals surface area contributed by atoms with Gasteiger partial charge in [-0.2, -0.15) is 0 Å². The second-order valence-corrected chi connectivity index (χ2v) is 5.64. The van der Waals surface area contributed by atoms with Gasteiger partial charge in [0.2, 0.25) is 5.91 Å². The van der Waals surface area contributed by atoms with Crippen molar-refractivity contribution in [1.29, 1.82) is 0 Å². The molecule has 1 saturated carbocycles. The topological polar surface area (TPSA) is 29.1 Å². The predicted octanol–water partition coefficient (Wildman–Crippen LogP) is 4.05. The minimum absolute atomic E-state index is 0.0290. The van der Waals surface area contributed by atoms with Crippen molar-refractivity contribution in [2.75, 3.05) is 0 Å². The third-order valence-electron chi connectivity index (χ3n) is 3.76. The average molecular weight is 278 g/mol. The van der Waals surface area contributed by atoms with E-state index in [0.29, 0.717) is 17.0 Å². The van der Waals surface area contributed by atoms with Crippen LogP contribution in [-0.4, -0.2) is 11.9 Å². The first kappa shape index (κ1) is 14.1.